The molecule has 19 heavy (non-hydrogen) atoms. The highest BCUT2D eigenvalue weighted by Crippen LogP contribution is 2.20. The molecule has 0 radical (unpaired) electrons. The van der Waals surface area contributed by atoms with Gasteiger partial charge in [-0.3, -0.25) is 4.79 Å². The van der Waals surface area contributed by atoms with E-state index in [0.717, 1.165) is 6.07 Å². The summed E-state index contributed by atoms with van der Waals surface area (Å²) >= 11 is 0. The summed E-state index contributed by atoms with van der Waals surface area (Å²) in [5.41, 5.74) is 0.291. The lowest BCUT2D eigenvalue weighted by molar-refractivity contribution is 0.101. The van der Waals surface area contributed by atoms with Crippen molar-refractivity contribution in [2.75, 3.05) is 18.1 Å². The number of carbonyl (C=O) groups excluding carboxylic acids is 1. The van der Waals surface area contributed by atoms with E-state index in [2.05, 4.69) is 0 Å². The summed E-state index contributed by atoms with van der Waals surface area (Å²) in [5.74, 6) is -0.460. The van der Waals surface area contributed by atoms with Gasteiger partial charge in [-0.05, 0) is 25.5 Å². The summed E-state index contributed by atoms with van der Waals surface area (Å²) in [6.07, 6.45) is 0.310. The zero-order valence-electron chi connectivity index (χ0n) is 11.0. The summed E-state index contributed by atoms with van der Waals surface area (Å²) in [7, 11) is -3.03. The van der Waals surface area contributed by atoms with E-state index in [-0.39, 0.29) is 29.6 Å². The van der Waals surface area contributed by atoms with E-state index in [1.807, 2.05) is 0 Å². The van der Waals surface area contributed by atoms with Crippen LogP contribution in [0.1, 0.15) is 30.6 Å². The molecule has 0 spiro atoms. The van der Waals surface area contributed by atoms with Crippen LogP contribution in [0, 0.1) is 5.82 Å². The second kappa shape index (κ2) is 6.65. The quantitative estimate of drug-likeness (QED) is 0.570. The molecular weight excluding hydrogens is 271 g/mol. The molecule has 6 heteroatoms. The first kappa shape index (κ1) is 15.6. The molecule has 0 aliphatic rings. The summed E-state index contributed by atoms with van der Waals surface area (Å²) < 4.78 is 40.9. The highest BCUT2D eigenvalue weighted by atomic mass is 32.2. The van der Waals surface area contributed by atoms with Gasteiger partial charge in [-0.2, -0.15) is 0 Å². The van der Waals surface area contributed by atoms with E-state index < -0.39 is 15.7 Å². The number of rotatable bonds is 7. The Labute approximate surface area is 112 Å². The van der Waals surface area contributed by atoms with Crippen LogP contribution in [0.5, 0.6) is 5.75 Å². The standard InChI is InChI=1S/C13H17FO4S/c1-3-19(16,17)8-4-7-18-13-9-11(14)5-6-12(13)10(2)15/h5-6,9H,3-4,7-8H2,1-2H3. The molecule has 0 aliphatic carbocycles. The molecule has 0 unspecified atom stereocenters. The van der Waals surface area contributed by atoms with Crippen LogP contribution in [-0.4, -0.2) is 32.3 Å². The fourth-order valence-corrected chi connectivity index (χ4v) is 2.36. The van der Waals surface area contributed by atoms with Gasteiger partial charge in [-0.15, -0.1) is 0 Å². The van der Waals surface area contributed by atoms with Gasteiger partial charge in [0.05, 0.1) is 17.9 Å². The molecule has 0 heterocycles. The fraction of sp³-hybridized carbons (Fsp3) is 0.462. The summed E-state index contributed by atoms with van der Waals surface area (Å²) in [4.78, 5) is 11.3. The molecule has 0 amide bonds. The van der Waals surface area contributed by atoms with Crippen LogP contribution in [0.2, 0.25) is 0 Å². The smallest absolute Gasteiger partial charge is 0.163 e. The van der Waals surface area contributed by atoms with Crippen LogP contribution in [0.4, 0.5) is 4.39 Å². The maximum Gasteiger partial charge on any atom is 0.163 e. The number of sulfone groups is 1. The number of halogens is 1. The van der Waals surface area contributed by atoms with E-state index in [0.29, 0.717) is 12.0 Å². The molecule has 1 rings (SSSR count). The molecule has 0 aromatic heterocycles. The summed E-state index contributed by atoms with van der Waals surface area (Å²) in [6, 6.07) is 3.67. The minimum absolute atomic E-state index is 0.0220. The van der Waals surface area contributed by atoms with Crippen molar-refractivity contribution < 1.29 is 22.3 Å². The number of carbonyl (C=O) groups is 1. The van der Waals surface area contributed by atoms with E-state index >= 15 is 0 Å². The van der Waals surface area contributed by atoms with Crippen molar-refractivity contribution in [3.05, 3.63) is 29.6 Å². The highest BCUT2D eigenvalue weighted by Gasteiger charge is 2.11. The fourth-order valence-electron chi connectivity index (χ4n) is 1.51. The summed E-state index contributed by atoms with van der Waals surface area (Å²) in [6.45, 7) is 3.07. The molecule has 0 saturated carbocycles. The van der Waals surface area contributed by atoms with Crippen molar-refractivity contribution in [3.63, 3.8) is 0 Å². The van der Waals surface area contributed by atoms with Crippen LogP contribution < -0.4 is 4.74 Å². The predicted molar refractivity (Wildman–Crippen MR) is 70.8 cm³/mol. The Morgan fingerprint density at radius 2 is 2.05 bits per heavy atom. The molecule has 0 fully saturated rings. The first-order valence-electron chi connectivity index (χ1n) is 5.99. The monoisotopic (exact) mass is 288 g/mol. The predicted octanol–water partition coefficient (Wildman–Crippen LogP) is 2.23. The molecular formula is C13H17FO4S. The second-order valence-electron chi connectivity index (χ2n) is 4.14. The molecule has 1 aromatic rings. The van der Waals surface area contributed by atoms with Crippen molar-refractivity contribution in [2.45, 2.75) is 20.3 Å². The van der Waals surface area contributed by atoms with Crippen LogP contribution in [0.25, 0.3) is 0 Å². The Bertz CT molecular complexity index is 552. The molecule has 4 nitrogen and oxygen atoms in total. The topological polar surface area (TPSA) is 60.4 Å². The van der Waals surface area contributed by atoms with E-state index in [9.17, 15) is 17.6 Å². The van der Waals surface area contributed by atoms with Crippen molar-refractivity contribution in [3.8, 4) is 5.75 Å². The van der Waals surface area contributed by atoms with Crippen LogP contribution >= 0.6 is 0 Å². The van der Waals surface area contributed by atoms with Crippen molar-refractivity contribution in [1.82, 2.24) is 0 Å². The zero-order chi connectivity index (χ0) is 14.5. The number of hydrogen-bond acceptors (Lipinski definition) is 4. The van der Waals surface area contributed by atoms with E-state index in [1.165, 1.54) is 19.1 Å². The van der Waals surface area contributed by atoms with Gasteiger partial charge in [-0.25, -0.2) is 12.8 Å². The van der Waals surface area contributed by atoms with Crippen molar-refractivity contribution in [2.24, 2.45) is 0 Å². The Hall–Kier alpha value is -1.43. The summed E-state index contributed by atoms with van der Waals surface area (Å²) in [5, 5.41) is 0. The van der Waals surface area contributed by atoms with Gasteiger partial charge in [0.2, 0.25) is 0 Å². The van der Waals surface area contributed by atoms with Crippen LogP contribution in [0.15, 0.2) is 18.2 Å². The second-order valence-corrected chi connectivity index (χ2v) is 6.61. The molecule has 0 saturated heterocycles. The Morgan fingerprint density at radius 1 is 1.37 bits per heavy atom. The first-order valence-corrected chi connectivity index (χ1v) is 7.81. The van der Waals surface area contributed by atoms with Gasteiger partial charge >= 0.3 is 0 Å². The van der Waals surface area contributed by atoms with Gasteiger partial charge in [0, 0.05) is 11.8 Å². The SMILES string of the molecule is CCS(=O)(=O)CCCOc1cc(F)ccc1C(C)=O. The van der Waals surface area contributed by atoms with Gasteiger partial charge < -0.3 is 4.74 Å². The lowest BCUT2D eigenvalue weighted by Crippen LogP contribution is -2.12. The first-order chi connectivity index (χ1) is 8.85. The molecule has 1 aromatic carbocycles. The Kier molecular flexibility index (Phi) is 5.47. The number of ether oxygens (including phenoxy) is 1. The largest absolute Gasteiger partial charge is 0.493 e. The van der Waals surface area contributed by atoms with Crippen molar-refractivity contribution in [1.29, 1.82) is 0 Å². The molecule has 0 aliphatic heterocycles. The molecule has 0 atom stereocenters. The van der Waals surface area contributed by atoms with Crippen molar-refractivity contribution >= 4 is 15.6 Å². The minimum Gasteiger partial charge on any atom is -0.493 e. The number of Topliss-reactive ketones (excluding diaryl/α,β-unsaturated/α-hetero) is 1. The normalized spacial score (nSPS) is 11.3. The third-order valence-corrected chi connectivity index (χ3v) is 4.41. The Morgan fingerprint density at radius 3 is 2.63 bits per heavy atom. The van der Waals surface area contributed by atoms with Gasteiger partial charge in [0.15, 0.2) is 5.78 Å². The highest BCUT2D eigenvalue weighted by molar-refractivity contribution is 7.91. The zero-order valence-corrected chi connectivity index (χ0v) is 11.8. The number of ketones is 1. The van der Waals surface area contributed by atoms with Crippen LogP contribution in [0.3, 0.4) is 0 Å². The third-order valence-electron chi connectivity index (χ3n) is 2.62. The number of benzene rings is 1. The van der Waals surface area contributed by atoms with Gasteiger partial charge in [-0.1, -0.05) is 6.92 Å². The van der Waals surface area contributed by atoms with Gasteiger partial charge in [0.1, 0.15) is 21.4 Å². The molecule has 0 bridgehead atoms. The molecule has 0 N–H and O–H groups in total. The van der Waals surface area contributed by atoms with Crippen LogP contribution in [-0.2, 0) is 9.84 Å². The Balaban J connectivity index is 2.63. The maximum atomic E-state index is 13.1. The van der Waals surface area contributed by atoms with Gasteiger partial charge in [0.25, 0.3) is 0 Å². The molecule has 106 valence electrons. The minimum atomic E-state index is -3.03. The number of hydrogen-bond donors (Lipinski definition) is 0. The average Bonchev–Trinajstić information content (AvgIpc) is 2.34. The third kappa shape index (κ3) is 4.98. The lowest BCUT2D eigenvalue weighted by atomic mass is 10.1. The van der Waals surface area contributed by atoms with E-state index in [4.69, 9.17) is 4.74 Å². The lowest BCUT2D eigenvalue weighted by Gasteiger charge is -2.09. The maximum absolute atomic E-state index is 13.1. The van der Waals surface area contributed by atoms with E-state index in [1.54, 1.807) is 6.92 Å². The average molecular weight is 288 g/mol.